The molecule has 18 heavy (non-hydrogen) atoms. The third-order valence-corrected chi connectivity index (χ3v) is 2.79. The van der Waals surface area contributed by atoms with Crippen LogP contribution in [0.1, 0.15) is 42.9 Å². The van der Waals surface area contributed by atoms with E-state index in [0.717, 1.165) is 0 Å². The van der Waals surface area contributed by atoms with Crippen molar-refractivity contribution in [1.82, 2.24) is 10.5 Å². The summed E-state index contributed by atoms with van der Waals surface area (Å²) in [6.07, 6.45) is 2.67. The van der Waals surface area contributed by atoms with Crippen LogP contribution in [0.2, 0.25) is 0 Å². The van der Waals surface area contributed by atoms with Gasteiger partial charge in [0, 0.05) is 24.3 Å². The lowest BCUT2D eigenvalue weighted by Crippen LogP contribution is -2.31. The second-order valence-corrected chi connectivity index (χ2v) is 5.43. The summed E-state index contributed by atoms with van der Waals surface area (Å²) in [7, 11) is 0. The normalized spacial score (nSPS) is 18.4. The minimum atomic E-state index is -0.344. The van der Waals surface area contributed by atoms with Gasteiger partial charge >= 0.3 is 0 Å². The molecule has 1 amide bonds. The average molecular weight is 248 g/mol. The van der Waals surface area contributed by atoms with Crippen molar-refractivity contribution in [3.05, 3.63) is 29.3 Å². The number of rotatable bonds is 2. The molecule has 0 atom stereocenters. The van der Waals surface area contributed by atoms with E-state index in [4.69, 9.17) is 4.52 Å². The van der Waals surface area contributed by atoms with E-state index in [-0.39, 0.29) is 22.8 Å². The Balaban J connectivity index is 2.10. The number of ketones is 1. The first kappa shape index (κ1) is 12.5. The first-order chi connectivity index (χ1) is 8.35. The van der Waals surface area contributed by atoms with Crippen LogP contribution in [-0.4, -0.2) is 16.8 Å². The molecule has 5 nitrogen and oxygen atoms in total. The Labute approximate surface area is 105 Å². The topological polar surface area (TPSA) is 72.2 Å². The van der Waals surface area contributed by atoms with Gasteiger partial charge in [-0.05, 0) is 18.8 Å². The number of nitrogens with one attached hydrogen (secondary N) is 1. The third kappa shape index (κ3) is 2.85. The van der Waals surface area contributed by atoms with E-state index in [0.29, 0.717) is 24.3 Å². The van der Waals surface area contributed by atoms with Crippen molar-refractivity contribution in [3.8, 4) is 0 Å². The summed E-state index contributed by atoms with van der Waals surface area (Å²) in [5.41, 5.74) is 0.750. The van der Waals surface area contributed by atoms with Crippen LogP contribution < -0.4 is 5.32 Å². The van der Waals surface area contributed by atoms with Gasteiger partial charge in [-0.3, -0.25) is 9.59 Å². The SMILES string of the molecule is Cc1cc(C(=O)NC2=CC(=O)CC(C)(C)C2)no1. The smallest absolute Gasteiger partial charge is 0.277 e. The molecule has 1 heterocycles. The van der Waals surface area contributed by atoms with Gasteiger partial charge in [0.2, 0.25) is 0 Å². The monoisotopic (exact) mass is 248 g/mol. The maximum atomic E-state index is 11.9. The first-order valence-corrected chi connectivity index (χ1v) is 5.84. The van der Waals surface area contributed by atoms with Crippen molar-refractivity contribution in [1.29, 1.82) is 0 Å². The number of nitrogens with zero attached hydrogens (tertiary/aromatic N) is 1. The zero-order valence-electron chi connectivity index (χ0n) is 10.7. The van der Waals surface area contributed by atoms with E-state index >= 15 is 0 Å². The van der Waals surface area contributed by atoms with Crippen molar-refractivity contribution in [3.63, 3.8) is 0 Å². The molecule has 0 unspecified atom stereocenters. The van der Waals surface area contributed by atoms with E-state index in [1.54, 1.807) is 13.0 Å². The van der Waals surface area contributed by atoms with Gasteiger partial charge in [0.25, 0.3) is 5.91 Å². The zero-order chi connectivity index (χ0) is 13.3. The summed E-state index contributed by atoms with van der Waals surface area (Å²) in [5, 5.41) is 6.35. The Morgan fingerprint density at radius 2 is 2.17 bits per heavy atom. The van der Waals surface area contributed by atoms with Gasteiger partial charge in [-0.2, -0.15) is 0 Å². The highest BCUT2D eigenvalue weighted by Gasteiger charge is 2.28. The summed E-state index contributed by atoms with van der Waals surface area (Å²) in [4.78, 5) is 23.4. The van der Waals surface area contributed by atoms with Gasteiger partial charge in [0.1, 0.15) is 5.76 Å². The fourth-order valence-electron chi connectivity index (χ4n) is 2.11. The molecule has 0 saturated carbocycles. The number of amides is 1. The molecule has 1 aliphatic rings. The van der Waals surface area contributed by atoms with Crippen LogP contribution in [-0.2, 0) is 4.79 Å². The standard InChI is InChI=1S/C13H16N2O3/c1-8-4-11(15-18-8)12(17)14-9-5-10(16)7-13(2,3)6-9/h4-5H,6-7H2,1-3H3,(H,14,17). The fourth-order valence-corrected chi connectivity index (χ4v) is 2.11. The lowest BCUT2D eigenvalue weighted by molar-refractivity contribution is -0.117. The second kappa shape index (κ2) is 4.40. The van der Waals surface area contributed by atoms with Crippen LogP contribution in [0.15, 0.2) is 22.4 Å². The van der Waals surface area contributed by atoms with Crippen molar-refractivity contribution in [2.45, 2.75) is 33.6 Å². The Kier molecular flexibility index (Phi) is 3.07. The van der Waals surface area contributed by atoms with Gasteiger partial charge in [-0.15, -0.1) is 0 Å². The molecule has 1 aromatic heterocycles. The molecule has 1 aliphatic carbocycles. The molecular weight excluding hydrogens is 232 g/mol. The Bertz CT molecular complexity index is 526. The maximum absolute atomic E-state index is 11.9. The van der Waals surface area contributed by atoms with E-state index in [2.05, 4.69) is 10.5 Å². The molecule has 0 saturated heterocycles. The Hall–Kier alpha value is -1.91. The fraction of sp³-hybridized carbons (Fsp3) is 0.462. The van der Waals surface area contributed by atoms with Crippen LogP contribution in [0.3, 0.4) is 0 Å². The molecule has 0 bridgehead atoms. The molecule has 2 rings (SSSR count). The van der Waals surface area contributed by atoms with Crippen molar-refractivity contribution >= 4 is 11.7 Å². The Morgan fingerprint density at radius 1 is 1.44 bits per heavy atom. The largest absolute Gasteiger partial charge is 0.361 e. The van der Waals surface area contributed by atoms with Crippen molar-refractivity contribution < 1.29 is 14.1 Å². The number of carbonyl (C=O) groups excluding carboxylic acids is 2. The number of hydrogen-bond acceptors (Lipinski definition) is 4. The predicted octanol–water partition coefficient (Wildman–Crippen LogP) is 1.99. The number of carbonyl (C=O) groups is 2. The molecule has 96 valence electrons. The predicted molar refractivity (Wildman–Crippen MR) is 64.8 cm³/mol. The van der Waals surface area contributed by atoms with Crippen molar-refractivity contribution in [2.75, 3.05) is 0 Å². The zero-order valence-corrected chi connectivity index (χ0v) is 10.7. The highest BCUT2D eigenvalue weighted by atomic mass is 16.5. The summed E-state index contributed by atoms with van der Waals surface area (Å²) < 4.78 is 4.84. The minimum Gasteiger partial charge on any atom is -0.361 e. The highest BCUT2D eigenvalue weighted by molar-refractivity contribution is 5.96. The van der Waals surface area contributed by atoms with Gasteiger partial charge in [-0.25, -0.2) is 0 Å². The number of allylic oxidation sites excluding steroid dienone is 2. The van der Waals surface area contributed by atoms with E-state index < -0.39 is 0 Å². The van der Waals surface area contributed by atoms with Crippen LogP contribution in [0.25, 0.3) is 0 Å². The van der Waals surface area contributed by atoms with Gasteiger partial charge in [-0.1, -0.05) is 19.0 Å². The molecule has 5 heteroatoms. The van der Waals surface area contributed by atoms with E-state index in [1.807, 2.05) is 13.8 Å². The van der Waals surface area contributed by atoms with E-state index in [9.17, 15) is 9.59 Å². The van der Waals surface area contributed by atoms with Crippen molar-refractivity contribution in [2.24, 2.45) is 5.41 Å². The highest BCUT2D eigenvalue weighted by Crippen LogP contribution is 2.32. The van der Waals surface area contributed by atoms with E-state index in [1.165, 1.54) is 6.08 Å². The lowest BCUT2D eigenvalue weighted by Gasteiger charge is -2.28. The molecule has 0 aliphatic heterocycles. The van der Waals surface area contributed by atoms with Crippen LogP contribution in [0, 0.1) is 12.3 Å². The number of hydrogen-bond donors (Lipinski definition) is 1. The summed E-state index contributed by atoms with van der Waals surface area (Å²) in [5.74, 6) is 0.274. The molecule has 0 radical (unpaired) electrons. The maximum Gasteiger partial charge on any atom is 0.277 e. The molecule has 0 fully saturated rings. The Morgan fingerprint density at radius 3 is 2.72 bits per heavy atom. The van der Waals surface area contributed by atoms with Crippen LogP contribution in [0.5, 0.6) is 0 Å². The summed E-state index contributed by atoms with van der Waals surface area (Å²) >= 11 is 0. The third-order valence-electron chi connectivity index (χ3n) is 2.79. The first-order valence-electron chi connectivity index (χ1n) is 5.84. The number of aryl methyl sites for hydroxylation is 1. The lowest BCUT2D eigenvalue weighted by atomic mass is 9.79. The molecular formula is C13H16N2O3. The van der Waals surface area contributed by atoms with Gasteiger partial charge < -0.3 is 9.84 Å². The quantitative estimate of drug-likeness (QED) is 0.868. The molecule has 1 N–H and O–H groups in total. The number of aromatic nitrogens is 1. The van der Waals surface area contributed by atoms with Gasteiger partial charge in [0.05, 0.1) is 0 Å². The molecule has 0 spiro atoms. The second-order valence-electron chi connectivity index (χ2n) is 5.43. The molecule has 1 aromatic rings. The average Bonchev–Trinajstić information content (AvgIpc) is 2.61. The minimum absolute atomic E-state index is 0.0397. The molecule has 0 aromatic carbocycles. The summed E-state index contributed by atoms with van der Waals surface area (Å²) in [6.45, 7) is 5.73. The summed E-state index contributed by atoms with van der Waals surface area (Å²) in [6, 6.07) is 1.56. The van der Waals surface area contributed by atoms with Crippen LogP contribution >= 0.6 is 0 Å². The van der Waals surface area contributed by atoms with Gasteiger partial charge in [0.15, 0.2) is 11.5 Å². The van der Waals surface area contributed by atoms with Crippen LogP contribution in [0.4, 0.5) is 0 Å².